The highest BCUT2D eigenvalue weighted by Gasteiger charge is 2.19. The lowest BCUT2D eigenvalue weighted by Crippen LogP contribution is -2.36. The van der Waals surface area contributed by atoms with Crippen LogP contribution in [0, 0.1) is 19.8 Å². The summed E-state index contributed by atoms with van der Waals surface area (Å²) in [7, 11) is 0. The van der Waals surface area contributed by atoms with Crippen LogP contribution in [0.15, 0.2) is 6.07 Å². The molecule has 0 radical (unpaired) electrons. The quantitative estimate of drug-likeness (QED) is 0.732. The van der Waals surface area contributed by atoms with E-state index < -0.39 is 0 Å². The van der Waals surface area contributed by atoms with Gasteiger partial charge in [0, 0.05) is 30.4 Å². The van der Waals surface area contributed by atoms with Gasteiger partial charge in [-0.2, -0.15) is 0 Å². The summed E-state index contributed by atoms with van der Waals surface area (Å²) < 4.78 is 0. The minimum absolute atomic E-state index is 0.464. The van der Waals surface area contributed by atoms with E-state index in [2.05, 4.69) is 64.7 Å². The summed E-state index contributed by atoms with van der Waals surface area (Å²) in [6.07, 6.45) is 1.16. The van der Waals surface area contributed by atoms with E-state index in [4.69, 9.17) is 4.98 Å². The molecule has 0 atom stereocenters. The van der Waals surface area contributed by atoms with Gasteiger partial charge in [-0.15, -0.1) is 0 Å². The molecule has 21 heavy (non-hydrogen) atoms. The summed E-state index contributed by atoms with van der Waals surface area (Å²) in [5, 5.41) is 3.53. The summed E-state index contributed by atoms with van der Waals surface area (Å²) in [6, 6.07) is 2.66. The molecule has 0 amide bonds. The molecule has 1 aromatic heterocycles. The lowest BCUT2D eigenvalue weighted by atomic mass is 10.1. The third kappa shape index (κ3) is 5.31. The first-order chi connectivity index (χ1) is 9.86. The summed E-state index contributed by atoms with van der Waals surface area (Å²) in [4.78, 5) is 7.33. The van der Waals surface area contributed by atoms with E-state index >= 15 is 0 Å². The Morgan fingerprint density at radius 3 is 2.38 bits per heavy atom. The molecule has 0 fully saturated rings. The molecule has 3 nitrogen and oxygen atoms in total. The first-order valence-electron chi connectivity index (χ1n) is 8.31. The summed E-state index contributed by atoms with van der Waals surface area (Å²) in [5.41, 5.74) is 3.80. The van der Waals surface area contributed by atoms with Crippen molar-refractivity contribution < 1.29 is 0 Å². The molecule has 0 bridgehead atoms. The van der Waals surface area contributed by atoms with Crippen molar-refractivity contribution in [2.45, 2.75) is 67.5 Å². The highest BCUT2D eigenvalue weighted by Crippen LogP contribution is 2.25. The Morgan fingerprint density at radius 1 is 1.19 bits per heavy atom. The van der Waals surface area contributed by atoms with Crippen LogP contribution in [-0.2, 0) is 6.54 Å². The zero-order valence-electron chi connectivity index (χ0n) is 15.0. The highest BCUT2D eigenvalue weighted by molar-refractivity contribution is 5.52. The van der Waals surface area contributed by atoms with Crippen LogP contribution in [0.3, 0.4) is 0 Å². The smallest absolute Gasteiger partial charge is 0.133 e. The van der Waals surface area contributed by atoms with Crippen molar-refractivity contribution in [1.82, 2.24) is 10.3 Å². The fourth-order valence-electron chi connectivity index (χ4n) is 2.63. The second kappa shape index (κ2) is 8.38. The molecule has 1 rings (SSSR count). The van der Waals surface area contributed by atoms with Crippen molar-refractivity contribution in [3.05, 3.63) is 22.9 Å². The Balaban J connectivity index is 3.16. The molecular formula is C18H33N3. The number of nitrogens with zero attached hydrogens (tertiary/aromatic N) is 2. The molecule has 1 N–H and O–H groups in total. The number of hydrogen-bond donors (Lipinski definition) is 1. The summed E-state index contributed by atoms with van der Waals surface area (Å²) >= 11 is 0. The maximum Gasteiger partial charge on any atom is 0.133 e. The fourth-order valence-corrected chi connectivity index (χ4v) is 2.63. The Kier molecular flexibility index (Phi) is 7.16. The number of nitrogens with one attached hydrogen (secondary N) is 1. The van der Waals surface area contributed by atoms with Gasteiger partial charge in [-0.1, -0.05) is 20.8 Å². The Bertz CT molecular complexity index is 438. The van der Waals surface area contributed by atoms with Gasteiger partial charge in [0.2, 0.25) is 0 Å². The van der Waals surface area contributed by atoms with Crippen molar-refractivity contribution in [1.29, 1.82) is 0 Å². The van der Waals surface area contributed by atoms with Gasteiger partial charge in [0.25, 0.3) is 0 Å². The maximum absolute atomic E-state index is 4.87. The minimum Gasteiger partial charge on any atom is -0.354 e. The van der Waals surface area contributed by atoms with E-state index in [9.17, 15) is 0 Å². The van der Waals surface area contributed by atoms with Crippen LogP contribution >= 0.6 is 0 Å². The number of hydrogen-bond acceptors (Lipinski definition) is 3. The van der Waals surface area contributed by atoms with Crippen molar-refractivity contribution in [3.63, 3.8) is 0 Å². The topological polar surface area (TPSA) is 28.2 Å². The Morgan fingerprint density at radius 2 is 1.86 bits per heavy atom. The van der Waals surface area contributed by atoms with Gasteiger partial charge in [-0.3, -0.25) is 0 Å². The zero-order valence-corrected chi connectivity index (χ0v) is 15.0. The predicted octanol–water partition coefficient (Wildman–Crippen LogP) is 4.07. The first-order valence-corrected chi connectivity index (χ1v) is 8.31. The second-order valence-corrected chi connectivity index (χ2v) is 6.70. The molecule has 0 aliphatic rings. The molecule has 0 spiro atoms. The SMILES string of the molecule is CCCNCc1c(C)cc(C)nc1N(CC(C)C)C(C)C. The van der Waals surface area contributed by atoms with Crippen LogP contribution in [0.2, 0.25) is 0 Å². The van der Waals surface area contributed by atoms with Crippen LogP contribution in [0.4, 0.5) is 5.82 Å². The van der Waals surface area contributed by atoms with Gasteiger partial charge < -0.3 is 10.2 Å². The predicted molar refractivity (Wildman–Crippen MR) is 93.0 cm³/mol. The van der Waals surface area contributed by atoms with Crippen LogP contribution in [0.25, 0.3) is 0 Å². The molecular weight excluding hydrogens is 258 g/mol. The number of anilines is 1. The van der Waals surface area contributed by atoms with Crippen molar-refractivity contribution in [3.8, 4) is 0 Å². The molecule has 1 heterocycles. The van der Waals surface area contributed by atoms with E-state index in [1.165, 1.54) is 16.9 Å². The monoisotopic (exact) mass is 291 g/mol. The van der Waals surface area contributed by atoms with Crippen molar-refractivity contribution in [2.24, 2.45) is 5.92 Å². The van der Waals surface area contributed by atoms with Gasteiger partial charge in [0.05, 0.1) is 0 Å². The summed E-state index contributed by atoms with van der Waals surface area (Å²) in [5.74, 6) is 1.80. The summed E-state index contributed by atoms with van der Waals surface area (Å²) in [6.45, 7) is 18.6. The van der Waals surface area contributed by atoms with Gasteiger partial charge in [0.1, 0.15) is 5.82 Å². The molecule has 0 saturated heterocycles. The standard InChI is InChI=1S/C18H33N3/c1-8-9-19-11-17-15(6)10-16(7)20-18(17)21(14(4)5)12-13(2)3/h10,13-14,19H,8-9,11-12H2,1-7H3. The molecule has 0 unspecified atom stereocenters. The zero-order chi connectivity index (χ0) is 16.0. The van der Waals surface area contributed by atoms with E-state index in [1.807, 2.05) is 0 Å². The van der Waals surface area contributed by atoms with Crippen molar-refractivity contribution >= 4 is 5.82 Å². The number of aromatic nitrogens is 1. The fraction of sp³-hybridized carbons (Fsp3) is 0.722. The molecule has 0 aliphatic carbocycles. The molecule has 1 aromatic rings. The van der Waals surface area contributed by atoms with Crippen LogP contribution in [-0.4, -0.2) is 24.1 Å². The number of pyridine rings is 1. The van der Waals surface area contributed by atoms with E-state index in [0.29, 0.717) is 12.0 Å². The number of aryl methyl sites for hydroxylation is 2. The second-order valence-electron chi connectivity index (χ2n) is 6.70. The number of rotatable bonds is 8. The Labute approximate surface area is 131 Å². The lowest BCUT2D eigenvalue weighted by Gasteiger charge is -2.32. The molecule has 120 valence electrons. The molecule has 0 aliphatic heterocycles. The van der Waals surface area contributed by atoms with E-state index in [-0.39, 0.29) is 0 Å². The van der Waals surface area contributed by atoms with Crippen LogP contribution < -0.4 is 10.2 Å². The highest BCUT2D eigenvalue weighted by atomic mass is 15.2. The molecule has 0 saturated carbocycles. The normalized spacial score (nSPS) is 11.5. The van der Waals surface area contributed by atoms with Crippen LogP contribution in [0.5, 0.6) is 0 Å². The average molecular weight is 291 g/mol. The van der Waals surface area contributed by atoms with E-state index in [1.54, 1.807) is 0 Å². The van der Waals surface area contributed by atoms with E-state index in [0.717, 1.165) is 31.7 Å². The van der Waals surface area contributed by atoms with Gasteiger partial charge >= 0.3 is 0 Å². The van der Waals surface area contributed by atoms with Gasteiger partial charge in [-0.25, -0.2) is 4.98 Å². The van der Waals surface area contributed by atoms with Gasteiger partial charge in [-0.05, 0) is 58.2 Å². The first kappa shape index (κ1) is 18.0. The molecule has 0 aromatic carbocycles. The van der Waals surface area contributed by atoms with Crippen molar-refractivity contribution in [2.75, 3.05) is 18.0 Å². The van der Waals surface area contributed by atoms with Gasteiger partial charge in [0.15, 0.2) is 0 Å². The minimum atomic E-state index is 0.464. The van der Waals surface area contributed by atoms with Crippen LogP contribution in [0.1, 0.15) is 57.9 Å². The maximum atomic E-state index is 4.87. The third-order valence-electron chi connectivity index (χ3n) is 3.64. The third-order valence-corrected chi connectivity index (χ3v) is 3.64. The average Bonchev–Trinajstić information content (AvgIpc) is 2.37. The molecule has 3 heteroatoms. The largest absolute Gasteiger partial charge is 0.354 e. The lowest BCUT2D eigenvalue weighted by molar-refractivity contribution is 0.560. The Hall–Kier alpha value is -1.09.